The molecule has 3 rings (SSSR count). The maximum absolute atomic E-state index is 2.35. The third-order valence-electron chi connectivity index (χ3n) is 3.85. The van der Waals surface area contributed by atoms with Gasteiger partial charge in [0, 0.05) is 25.2 Å². The van der Waals surface area contributed by atoms with Crippen molar-refractivity contribution in [1.29, 1.82) is 0 Å². The zero-order chi connectivity index (χ0) is 14.8. The summed E-state index contributed by atoms with van der Waals surface area (Å²) < 4.78 is 0. The highest BCUT2D eigenvalue weighted by Crippen LogP contribution is 2.35. The first-order chi connectivity index (χ1) is 10.2. The summed E-state index contributed by atoms with van der Waals surface area (Å²) in [5.74, 6) is 0. The fourth-order valence-electron chi connectivity index (χ4n) is 2.74. The molecule has 1 unspecified atom stereocenters. The van der Waals surface area contributed by atoms with Crippen LogP contribution in [0, 0.1) is 0 Å². The highest BCUT2D eigenvalue weighted by Gasteiger charge is 2.14. The zero-order valence-corrected chi connectivity index (χ0v) is 13.6. The van der Waals surface area contributed by atoms with E-state index in [-0.39, 0.29) is 7.92 Å². The first-order valence-corrected chi connectivity index (χ1v) is 8.95. The smallest absolute Gasteiger partial charge is 0.0447 e. The minimum atomic E-state index is -0.338. The molecule has 0 saturated carbocycles. The molecule has 0 saturated heterocycles. The van der Waals surface area contributed by atoms with Crippen LogP contribution in [0.5, 0.6) is 0 Å². The predicted molar refractivity (Wildman–Crippen MR) is 96.8 cm³/mol. The average Bonchev–Trinajstić information content (AvgIpc) is 2.53. The Kier molecular flexibility index (Phi) is 3.94. The Balaban J connectivity index is 2.23. The molecule has 0 heterocycles. The summed E-state index contributed by atoms with van der Waals surface area (Å²) >= 11 is 0. The Bertz CT molecular complexity index is 745. The van der Waals surface area contributed by atoms with Crippen LogP contribution in [-0.2, 0) is 0 Å². The number of anilines is 1. The van der Waals surface area contributed by atoms with Gasteiger partial charge in [-0.05, 0) is 36.6 Å². The van der Waals surface area contributed by atoms with E-state index in [1.165, 1.54) is 27.1 Å². The quantitative estimate of drug-likeness (QED) is 0.661. The van der Waals surface area contributed by atoms with Gasteiger partial charge in [0.2, 0.25) is 0 Å². The minimum Gasteiger partial charge on any atom is -0.377 e. The lowest BCUT2D eigenvalue weighted by atomic mass is 10.1. The van der Waals surface area contributed by atoms with Gasteiger partial charge in [-0.3, -0.25) is 0 Å². The lowest BCUT2D eigenvalue weighted by Gasteiger charge is -2.21. The van der Waals surface area contributed by atoms with Gasteiger partial charge in [0.15, 0.2) is 0 Å². The van der Waals surface area contributed by atoms with Gasteiger partial charge in [-0.2, -0.15) is 0 Å². The number of benzene rings is 3. The van der Waals surface area contributed by atoms with Crippen molar-refractivity contribution in [2.24, 2.45) is 0 Å². The van der Waals surface area contributed by atoms with Gasteiger partial charge in [-0.1, -0.05) is 60.7 Å². The second-order valence-electron chi connectivity index (χ2n) is 5.44. The summed E-state index contributed by atoms with van der Waals surface area (Å²) in [6, 6.07) is 24.1. The topological polar surface area (TPSA) is 3.24 Å². The van der Waals surface area contributed by atoms with Crippen molar-refractivity contribution in [2.45, 2.75) is 0 Å². The summed E-state index contributed by atoms with van der Waals surface area (Å²) in [5.41, 5.74) is 1.30. The molecule has 0 aliphatic rings. The van der Waals surface area contributed by atoms with E-state index in [1.807, 2.05) is 0 Å². The van der Waals surface area contributed by atoms with Gasteiger partial charge in [0.05, 0.1) is 0 Å². The molecule has 0 spiro atoms. The Labute approximate surface area is 128 Å². The van der Waals surface area contributed by atoms with Crippen molar-refractivity contribution in [3.05, 3.63) is 66.7 Å². The van der Waals surface area contributed by atoms with Crippen LogP contribution in [0.4, 0.5) is 5.69 Å². The van der Waals surface area contributed by atoms with E-state index in [0.717, 1.165) is 0 Å². The molecule has 0 bridgehead atoms. The minimum absolute atomic E-state index is 0.338. The molecule has 0 fully saturated rings. The van der Waals surface area contributed by atoms with E-state index < -0.39 is 0 Å². The van der Waals surface area contributed by atoms with E-state index >= 15 is 0 Å². The fraction of sp³-hybridized carbons (Fsp3) is 0.158. The van der Waals surface area contributed by atoms with Gasteiger partial charge in [0.1, 0.15) is 0 Å². The lowest BCUT2D eigenvalue weighted by molar-refractivity contribution is 1.14. The monoisotopic (exact) mass is 293 g/mol. The Morgan fingerprint density at radius 1 is 0.762 bits per heavy atom. The number of hydrogen-bond donors (Lipinski definition) is 0. The Morgan fingerprint density at radius 2 is 1.43 bits per heavy atom. The largest absolute Gasteiger partial charge is 0.377 e. The number of hydrogen-bond acceptors (Lipinski definition) is 1. The van der Waals surface area contributed by atoms with E-state index in [1.54, 1.807) is 0 Å². The molecule has 3 aromatic carbocycles. The molecule has 21 heavy (non-hydrogen) atoms. The normalized spacial score (nSPS) is 12.3. The fourth-order valence-corrected chi connectivity index (χ4v) is 4.53. The van der Waals surface area contributed by atoms with Crippen LogP contribution in [-0.4, -0.2) is 20.8 Å². The molecule has 0 radical (unpaired) electrons. The molecule has 1 atom stereocenters. The summed E-state index contributed by atoms with van der Waals surface area (Å²) in [6.07, 6.45) is 0. The highest BCUT2D eigenvalue weighted by molar-refractivity contribution is 7.72. The molecular formula is C19H20NP. The standard InChI is InChI=1S/C19H20NP/c1-20(2)17-13-7-9-15-10-8-14-18(19(15)17)21(3)16-11-5-4-6-12-16/h4-14H,1-3H3. The molecule has 3 aromatic rings. The van der Waals surface area contributed by atoms with Crippen LogP contribution in [0.25, 0.3) is 10.8 Å². The van der Waals surface area contributed by atoms with Gasteiger partial charge in [-0.15, -0.1) is 0 Å². The SMILES string of the molecule is CN(C)c1cccc2cccc(P(C)c3ccccc3)c12. The van der Waals surface area contributed by atoms with Crippen LogP contribution < -0.4 is 15.5 Å². The van der Waals surface area contributed by atoms with E-state index in [4.69, 9.17) is 0 Å². The molecule has 0 N–H and O–H groups in total. The van der Waals surface area contributed by atoms with Gasteiger partial charge < -0.3 is 4.90 Å². The van der Waals surface area contributed by atoms with Crippen LogP contribution in [0.15, 0.2) is 66.7 Å². The van der Waals surface area contributed by atoms with Gasteiger partial charge in [0.25, 0.3) is 0 Å². The lowest BCUT2D eigenvalue weighted by Crippen LogP contribution is -2.16. The van der Waals surface area contributed by atoms with Gasteiger partial charge >= 0.3 is 0 Å². The van der Waals surface area contributed by atoms with Crippen LogP contribution in [0.2, 0.25) is 0 Å². The third-order valence-corrected chi connectivity index (χ3v) is 6.02. The summed E-state index contributed by atoms with van der Waals surface area (Å²) in [6.45, 7) is 2.35. The van der Waals surface area contributed by atoms with Crippen LogP contribution >= 0.6 is 7.92 Å². The Hall–Kier alpha value is -1.85. The summed E-state index contributed by atoms with van der Waals surface area (Å²) in [5, 5.41) is 5.60. The molecule has 0 amide bonds. The van der Waals surface area contributed by atoms with Crippen molar-refractivity contribution in [3.8, 4) is 0 Å². The zero-order valence-electron chi connectivity index (χ0n) is 12.7. The average molecular weight is 293 g/mol. The molecule has 1 nitrogen and oxygen atoms in total. The molecular weight excluding hydrogens is 273 g/mol. The van der Waals surface area contributed by atoms with Crippen molar-refractivity contribution < 1.29 is 0 Å². The van der Waals surface area contributed by atoms with E-state index in [2.05, 4.69) is 92.4 Å². The van der Waals surface area contributed by atoms with Crippen molar-refractivity contribution in [3.63, 3.8) is 0 Å². The second kappa shape index (κ2) is 5.87. The summed E-state index contributed by atoms with van der Waals surface area (Å²) in [4.78, 5) is 2.21. The molecule has 0 aliphatic heterocycles. The molecule has 106 valence electrons. The predicted octanol–water partition coefficient (Wildman–Crippen LogP) is 3.97. The number of fused-ring (bicyclic) bond motifs is 1. The maximum Gasteiger partial charge on any atom is 0.0447 e. The Morgan fingerprint density at radius 3 is 2.10 bits per heavy atom. The first-order valence-electron chi connectivity index (χ1n) is 7.16. The first kappa shape index (κ1) is 14.1. The maximum atomic E-state index is 2.35. The van der Waals surface area contributed by atoms with Crippen LogP contribution in [0.1, 0.15) is 0 Å². The van der Waals surface area contributed by atoms with Crippen molar-refractivity contribution >= 4 is 35.0 Å². The number of rotatable bonds is 3. The van der Waals surface area contributed by atoms with E-state index in [9.17, 15) is 0 Å². The summed E-state index contributed by atoms with van der Waals surface area (Å²) in [7, 11) is 3.90. The number of nitrogens with zero attached hydrogens (tertiary/aromatic N) is 1. The molecule has 0 aliphatic carbocycles. The van der Waals surface area contributed by atoms with E-state index in [0.29, 0.717) is 0 Å². The third kappa shape index (κ3) is 2.66. The molecule has 2 heteroatoms. The highest BCUT2D eigenvalue weighted by atomic mass is 31.1. The van der Waals surface area contributed by atoms with Crippen LogP contribution in [0.3, 0.4) is 0 Å². The van der Waals surface area contributed by atoms with Gasteiger partial charge in [-0.25, -0.2) is 0 Å². The second-order valence-corrected chi connectivity index (χ2v) is 7.56. The van der Waals surface area contributed by atoms with Crippen molar-refractivity contribution in [2.75, 3.05) is 25.7 Å². The molecule has 0 aromatic heterocycles. The van der Waals surface area contributed by atoms with Crippen molar-refractivity contribution in [1.82, 2.24) is 0 Å².